The van der Waals surface area contributed by atoms with E-state index < -0.39 is 0 Å². The van der Waals surface area contributed by atoms with Gasteiger partial charge in [-0.15, -0.1) is 0 Å². The number of thiazole rings is 1. The summed E-state index contributed by atoms with van der Waals surface area (Å²) in [5.74, 6) is 0.00727. The minimum absolute atomic E-state index is 0.00727. The first-order chi connectivity index (χ1) is 7.54. The smallest absolute Gasteiger partial charge is 0.199 e. The van der Waals surface area contributed by atoms with E-state index in [1.54, 1.807) is 12.3 Å². The third-order valence-corrected chi connectivity index (χ3v) is 3.00. The average molecular weight is 239 g/mol. The Hall–Kier alpha value is -1.36. The highest BCUT2D eigenvalue weighted by atomic mass is 32.1. The van der Waals surface area contributed by atoms with E-state index >= 15 is 0 Å². The van der Waals surface area contributed by atoms with Gasteiger partial charge in [-0.25, -0.2) is 4.98 Å². The summed E-state index contributed by atoms with van der Waals surface area (Å²) in [6, 6.07) is 0. The van der Waals surface area contributed by atoms with Crippen molar-refractivity contribution in [2.24, 2.45) is 0 Å². The normalized spacial score (nSPS) is 10.8. The molecule has 0 radical (unpaired) electrons. The van der Waals surface area contributed by atoms with E-state index in [4.69, 9.17) is 0 Å². The van der Waals surface area contributed by atoms with Gasteiger partial charge >= 0.3 is 0 Å². The summed E-state index contributed by atoms with van der Waals surface area (Å²) in [4.78, 5) is 18.6. The van der Waals surface area contributed by atoms with Crippen LogP contribution in [0, 0.1) is 6.92 Å². The van der Waals surface area contributed by atoms with Crippen molar-refractivity contribution in [3.05, 3.63) is 22.8 Å². The van der Waals surface area contributed by atoms with E-state index in [2.05, 4.69) is 10.3 Å². The summed E-state index contributed by atoms with van der Waals surface area (Å²) in [6.45, 7) is 4.67. The van der Waals surface area contributed by atoms with Crippen molar-refractivity contribution >= 4 is 22.3 Å². The molecule has 0 saturated heterocycles. The number of carbonyl (C=O) groups excluding carboxylic acids is 1. The number of rotatable bonds is 5. The van der Waals surface area contributed by atoms with Crippen molar-refractivity contribution < 1.29 is 4.79 Å². The first kappa shape index (κ1) is 12.7. The minimum Gasteiger partial charge on any atom is -0.383 e. The van der Waals surface area contributed by atoms with Gasteiger partial charge in [-0.05, 0) is 13.8 Å². The highest BCUT2D eigenvalue weighted by Gasteiger charge is 2.12. The molecule has 1 heterocycles. The van der Waals surface area contributed by atoms with Crippen molar-refractivity contribution in [3.63, 3.8) is 0 Å². The van der Waals surface area contributed by atoms with E-state index in [1.165, 1.54) is 11.3 Å². The number of hydrogen-bond donors (Lipinski definition) is 1. The maximum absolute atomic E-state index is 11.8. The SMILES string of the molecule is CCNc1nc(C)c(C(=O)/C=C/N(C)C)s1. The zero-order valence-electron chi connectivity index (χ0n) is 10.1. The lowest BCUT2D eigenvalue weighted by atomic mass is 10.3. The molecule has 0 amide bonds. The standard InChI is InChI=1S/C11H17N3OS/c1-5-12-11-13-8(2)10(16-11)9(15)6-7-14(3)4/h6-7H,5H2,1-4H3,(H,12,13)/b7-6+. The fraction of sp³-hybridized carbons (Fsp3) is 0.455. The molecule has 16 heavy (non-hydrogen) atoms. The summed E-state index contributed by atoms with van der Waals surface area (Å²) in [5, 5.41) is 3.92. The van der Waals surface area contributed by atoms with Gasteiger partial charge < -0.3 is 10.2 Å². The summed E-state index contributed by atoms with van der Waals surface area (Å²) in [7, 11) is 3.76. The van der Waals surface area contributed by atoms with Crippen molar-refractivity contribution in [2.45, 2.75) is 13.8 Å². The van der Waals surface area contributed by atoms with Crippen LogP contribution in [0.15, 0.2) is 12.3 Å². The third-order valence-electron chi connectivity index (χ3n) is 1.87. The predicted molar refractivity (Wildman–Crippen MR) is 68.2 cm³/mol. The fourth-order valence-electron chi connectivity index (χ4n) is 1.14. The lowest BCUT2D eigenvalue weighted by Gasteiger charge is -2.01. The highest BCUT2D eigenvalue weighted by Crippen LogP contribution is 2.23. The van der Waals surface area contributed by atoms with Gasteiger partial charge in [0.1, 0.15) is 0 Å². The largest absolute Gasteiger partial charge is 0.383 e. The number of hydrogen-bond acceptors (Lipinski definition) is 5. The second kappa shape index (κ2) is 5.65. The Morgan fingerprint density at radius 1 is 1.56 bits per heavy atom. The van der Waals surface area contributed by atoms with Crippen LogP contribution in [0.3, 0.4) is 0 Å². The van der Waals surface area contributed by atoms with Crippen LogP contribution < -0.4 is 5.32 Å². The fourth-order valence-corrected chi connectivity index (χ4v) is 2.10. The van der Waals surface area contributed by atoms with Gasteiger partial charge in [-0.1, -0.05) is 11.3 Å². The highest BCUT2D eigenvalue weighted by molar-refractivity contribution is 7.17. The van der Waals surface area contributed by atoms with Crippen molar-refractivity contribution in [2.75, 3.05) is 26.0 Å². The van der Waals surface area contributed by atoms with Gasteiger partial charge in [0.2, 0.25) is 0 Å². The summed E-state index contributed by atoms with van der Waals surface area (Å²) in [5.41, 5.74) is 0.786. The molecule has 1 rings (SSSR count). The molecule has 0 unspecified atom stereocenters. The topological polar surface area (TPSA) is 45.2 Å². The number of nitrogens with one attached hydrogen (secondary N) is 1. The second-order valence-corrected chi connectivity index (χ2v) is 4.61. The first-order valence-electron chi connectivity index (χ1n) is 5.14. The van der Waals surface area contributed by atoms with E-state index in [0.29, 0.717) is 4.88 Å². The quantitative estimate of drug-likeness (QED) is 0.631. The monoisotopic (exact) mass is 239 g/mol. The Balaban J connectivity index is 2.83. The third kappa shape index (κ3) is 3.34. The summed E-state index contributed by atoms with van der Waals surface area (Å²) < 4.78 is 0. The molecule has 0 aliphatic heterocycles. The van der Waals surface area contributed by atoms with Crippen LogP contribution in [0.1, 0.15) is 22.3 Å². The molecule has 0 aliphatic carbocycles. The van der Waals surface area contributed by atoms with Crippen molar-refractivity contribution in [3.8, 4) is 0 Å². The number of nitrogens with zero attached hydrogens (tertiary/aromatic N) is 2. The molecule has 0 spiro atoms. The number of ketones is 1. The molecule has 1 aromatic rings. The van der Waals surface area contributed by atoms with Gasteiger partial charge in [-0.2, -0.15) is 0 Å². The number of allylic oxidation sites excluding steroid dienone is 1. The Kier molecular flexibility index (Phi) is 4.49. The Morgan fingerprint density at radius 2 is 2.25 bits per heavy atom. The van der Waals surface area contributed by atoms with E-state index in [9.17, 15) is 4.79 Å². The Morgan fingerprint density at radius 3 is 2.81 bits per heavy atom. The van der Waals surface area contributed by atoms with Crippen LogP contribution in [0.4, 0.5) is 5.13 Å². The van der Waals surface area contributed by atoms with Crippen molar-refractivity contribution in [1.82, 2.24) is 9.88 Å². The van der Waals surface area contributed by atoms with Gasteiger partial charge in [0, 0.05) is 32.9 Å². The zero-order chi connectivity index (χ0) is 12.1. The molecular formula is C11H17N3OS. The molecule has 5 heteroatoms. The number of aryl methyl sites for hydroxylation is 1. The van der Waals surface area contributed by atoms with Gasteiger partial charge in [0.05, 0.1) is 10.6 Å². The molecular weight excluding hydrogens is 222 g/mol. The van der Waals surface area contributed by atoms with Crippen LogP contribution in [0.25, 0.3) is 0 Å². The van der Waals surface area contributed by atoms with Crippen molar-refractivity contribution in [1.29, 1.82) is 0 Å². The lowest BCUT2D eigenvalue weighted by molar-refractivity contribution is 0.104. The number of carbonyl (C=O) groups is 1. The second-order valence-electron chi connectivity index (χ2n) is 3.61. The van der Waals surface area contributed by atoms with Crippen LogP contribution in [0.2, 0.25) is 0 Å². The molecule has 0 aliphatic rings. The van der Waals surface area contributed by atoms with E-state index in [1.807, 2.05) is 32.8 Å². The molecule has 0 fully saturated rings. The average Bonchev–Trinajstić information content (AvgIpc) is 2.56. The molecule has 0 aromatic carbocycles. The van der Waals surface area contributed by atoms with Crippen LogP contribution in [0.5, 0.6) is 0 Å². The van der Waals surface area contributed by atoms with Gasteiger partial charge in [0.15, 0.2) is 10.9 Å². The molecule has 0 bridgehead atoms. The molecule has 88 valence electrons. The maximum atomic E-state index is 11.8. The van der Waals surface area contributed by atoms with E-state index in [0.717, 1.165) is 17.4 Å². The first-order valence-corrected chi connectivity index (χ1v) is 5.96. The Bertz CT molecular complexity index is 396. The predicted octanol–water partition coefficient (Wildman–Crippen LogP) is 2.14. The summed E-state index contributed by atoms with van der Waals surface area (Å²) in [6.07, 6.45) is 3.31. The Labute approximate surface area is 100.0 Å². The van der Waals surface area contributed by atoms with Gasteiger partial charge in [-0.3, -0.25) is 4.79 Å². The lowest BCUT2D eigenvalue weighted by Crippen LogP contribution is -2.02. The number of aromatic nitrogens is 1. The minimum atomic E-state index is 0.00727. The molecule has 0 atom stereocenters. The molecule has 0 saturated carbocycles. The van der Waals surface area contributed by atoms with Gasteiger partial charge in [0.25, 0.3) is 0 Å². The molecule has 1 N–H and O–H groups in total. The molecule has 1 aromatic heterocycles. The van der Waals surface area contributed by atoms with E-state index in [-0.39, 0.29) is 5.78 Å². The maximum Gasteiger partial charge on any atom is 0.199 e. The van der Waals surface area contributed by atoms with Crippen LogP contribution in [-0.4, -0.2) is 36.3 Å². The zero-order valence-corrected chi connectivity index (χ0v) is 10.9. The summed E-state index contributed by atoms with van der Waals surface area (Å²) >= 11 is 1.40. The molecule has 4 nitrogen and oxygen atoms in total. The van der Waals surface area contributed by atoms with Crippen LogP contribution >= 0.6 is 11.3 Å². The number of anilines is 1. The van der Waals surface area contributed by atoms with Crippen LogP contribution in [-0.2, 0) is 0 Å².